The minimum atomic E-state index is 1.04. The molecule has 23 heavy (non-hydrogen) atoms. The molecule has 0 bridgehead atoms. The Morgan fingerprint density at radius 2 is 1.35 bits per heavy atom. The summed E-state index contributed by atoms with van der Waals surface area (Å²) in [5.74, 6) is 0. The van der Waals surface area contributed by atoms with Crippen molar-refractivity contribution in [2.45, 2.75) is 20.3 Å². The summed E-state index contributed by atoms with van der Waals surface area (Å²) in [5, 5.41) is 0. The van der Waals surface area contributed by atoms with Crippen molar-refractivity contribution in [1.82, 2.24) is 0 Å². The molecule has 114 valence electrons. The van der Waals surface area contributed by atoms with E-state index in [4.69, 9.17) is 0 Å². The Labute approximate surface area is 138 Å². The van der Waals surface area contributed by atoms with Crippen molar-refractivity contribution in [3.8, 4) is 11.1 Å². The highest BCUT2D eigenvalue weighted by atomic mass is 15.1. The zero-order valence-electron chi connectivity index (χ0n) is 13.9. The van der Waals surface area contributed by atoms with E-state index in [1.807, 2.05) is 0 Å². The van der Waals surface area contributed by atoms with E-state index in [0.29, 0.717) is 0 Å². The van der Waals surface area contributed by atoms with Crippen LogP contribution in [0.2, 0.25) is 0 Å². The highest BCUT2D eigenvalue weighted by molar-refractivity contribution is 5.80. The highest BCUT2D eigenvalue weighted by Crippen LogP contribution is 2.39. The van der Waals surface area contributed by atoms with Crippen LogP contribution in [0.1, 0.15) is 22.3 Å². The third kappa shape index (κ3) is 2.43. The summed E-state index contributed by atoms with van der Waals surface area (Å²) in [7, 11) is 2.14. The number of fused-ring (bicyclic) bond motifs is 3. The zero-order valence-corrected chi connectivity index (χ0v) is 13.9. The van der Waals surface area contributed by atoms with E-state index in [2.05, 4.69) is 86.5 Å². The summed E-state index contributed by atoms with van der Waals surface area (Å²) in [5.41, 5.74) is 10.8. The van der Waals surface area contributed by atoms with Gasteiger partial charge in [-0.05, 0) is 72.4 Å². The molecule has 0 amide bonds. The van der Waals surface area contributed by atoms with Gasteiger partial charge in [0.05, 0.1) is 0 Å². The van der Waals surface area contributed by atoms with E-state index in [1.54, 1.807) is 0 Å². The molecule has 0 fully saturated rings. The first kappa shape index (κ1) is 14.1. The highest BCUT2D eigenvalue weighted by Gasteiger charge is 2.19. The molecule has 1 nitrogen and oxygen atoms in total. The quantitative estimate of drug-likeness (QED) is 0.463. The minimum absolute atomic E-state index is 1.04. The molecule has 0 spiro atoms. The van der Waals surface area contributed by atoms with Crippen LogP contribution >= 0.6 is 0 Å². The Morgan fingerprint density at radius 3 is 2.13 bits per heavy atom. The fourth-order valence-electron chi connectivity index (χ4n) is 3.52. The smallest absolute Gasteiger partial charge is 0.0411 e. The fraction of sp³-hybridized carbons (Fsp3) is 0.182. The molecule has 0 saturated heterocycles. The van der Waals surface area contributed by atoms with Crippen LogP contribution in [-0.4, -0.2) is 7.05 Å². The monoisotopic (exact) mass is 299 g/mol. The maximum absolute atomic E-state index is 2.34. The third-order valence-corrected chi connectivity index (χ3v) is 4.80. The Balaban J connectivity index is 1.72. The summed E-state index contributed by atoms with van der Waals surface area (Å²) in [6.45, 7) is 4.30. The van der Waals surface area contributed by atoms with Gasteiger partial charge in [0, 0.05) is 18.4 Å². The summed E-state index contributed by atoms with van der Waals surface area (Å²) in [4.78, 5) is 2.27. The van der Waals surface area contributed by atoms with Gasteiger partial charge in [-0.3, -0.25) is 0 Å². The largest absolute Gasteiger partial charge is 0.345 e. The lowest BCUT2D eigenvalue weighted by molar-refractivity contribution is 1.18. The topological polar surface area (TPSA) is 3.24 Å². The van der Waals surface area contributed by atoms with E-state index < -0.39 is 0 Å². The SMILES string of the molecule is Cc1cccc(N(C)c2ccc3c(c2)Cc2cc(C)ccc2-3)c1. The molecule has 3 aromatic carbocycles. The molecule has 0 saturated carbocycles. The van der Waals surface area contributed by atoms with Crippen LogP contribution in [0.15, 0.2) is 60.7 Å². The van der Waals surface area contributed by atoms with Crippen LogP contribution < -0.4 is 4.90 Å². The molecule has 0 heterocycles. The van der Waals surface area contributed by atoms with Crippen molar-refractivity contribution in [1.29, 1.82) is 0 Å². The zero-order chi connectivity index (χ0) is 16.0. The summed E-state index contributed by atoms with van der Waals surface area (Å²) < 4.78 is 0. The average molecular weight is 299 g/mol. The maximum Gasteiger partial charge on any atom is 0.0411 e. The van der Waals surface area contributed by atoms with Gasteiger partial charge < -0.3 is 4.90 Å². The minimum Gasteiger partial charge on any atom is -0.345 e. The van der Waals surface area contributed by atoms with Gasteiger partial charge in [0.15, 0.2) is 0 Å². The van der Waals surface area contributed by atoms with Crippen LogP contribution in [0.5, 0.6) is 0 Å². The van der Waals surface area contributed by atoms with Crippen LogP contribution in [0.25, 0.3) is 11.1 Å². The first-order valence-corrected chi connectivity index (χ1v) is 8.15. The second-order valence-electron chi connectivity index (χ2n) is 6.58. The molecule has 1 aliphatic carbocycles. The van der Waals surface area contributed by atoms with Gasteiger partial charge in [-0.1, -0.05) is 42.0 Å². The van der Waals surface area contributed by atoms with E-state index in [-0.39, 0.29) is 0 Å². The number of hydrogen-bond donors (Lipinski definition) is 0. The van der Waals surface area contributed by atoms with Crippen LogP contribution in [-0.2, 0) is 6.42 Å². The lowest BCUT2D eigenvalue weighted by atomic mass is 10.0. The Morgan fingerprint density at radius 1 is 0.696 bits per heavy atom. The number of benzene rings is 3. The summed E-state index contributed by atoms with van der Waals surface area (Å²) in [6, 6.07) is 22.3. The van der Waals surface area contributed by atoms with Gasteiger partial charge in [-0.25, -0.2) is 0 Å². The van der Waals surface area contributed by atoms with Gasteiger partial charge in [0.2, 0.25) is 0 Å². The Hall–Kier alpha value is -2.54. The average Bonchev–Trinajstić information content (AvgIpc) is 2.90. The molecule has 4 rings (SSSR count). The van der Waals surface area contributed by atoms with Crippen molar-refractivity contribution in [2.75, 3.05) is 11.9 Å². The lowest BCUT2D eigenvalue weighted by Crippen LogP contribution is -2.09. The van der Waals surface area contributed by atoms with Crippen LogP contribution in [0.4, 0.5) is 11.4 Å². The molecule has 3 aromatic rings. The maximum atomic E-state index is 2.34. The van der Waals surface area contributed by atoms with Crippen molar-refractivity contribution in [3.05, 3.63) is 82.9 Å². The molecule has 0 unspecified atom stereocenters. The molecule has 0 radical (unpaired) electrons. The third-order valence-electron chi connectivity index (χ3n) is 4.80. The summed E-state index contributed by atoms with van der Waals surface area (Å²) in [6.07, 6.45) is 1.04. The number of rotatable bonds is 2. The van der Waals surface area contributed by atoms with Gasteiger partial charge in [0.1, 0.15) is 0 Å². The predicted octanol–water partition coefficient (Wildman–Crippen LogP) is 5.64. The molecule has 1 heteroatoms. The molecular weight excluding hydrogens is 278 g/mol. The number of hydrogen-bond acceptors (Lipinski definition) is 1. The standard InChI is InChI=1S/C22H21N/c1-15-5-4-6-19(12-15)23(3)20-8-10-22-18(14-20)13-17-11-16(2)7-9-21(17)22/h4-12,14H,13H2,1-3H3. The number of anilines is 2. The van der Waals surface area contributed by atoms with E-state index in [9.17, 15) is 0 Å². The second-order valence-corrected chi connectivity index (χ2v) is 6.58. The van der Waals surface area contributed by atoms with Crippen LogP contribution in [0, 0.1) is 13.8 Å². The molecule has 0 aliphatic heterocycles. The van der Waals surface area contributed by atoms with E-state index in [0.717, 1.165) is 6.42 Å². The van der Waals surface area contributed by atoms with E-state index >= 15 is 0 Å². The molecule has 1 aliphatic rings. The van der Waals surface area contributed by atoms with Gasteiger partial charge >= 0.3 is 0 Å². The number of nitrogens with zero attached hydrogens (tertiary/aromatic N) is 1. The van der Waals surface area contributed by atoms with Crippen molar-refractivity contribution < 1.29 is 0 Å². The molecular formula is C22H21N. The van der Waals surface area contributed by atoms with E-state index in [1.165, 1.54) is 44.8 Å². The fourth-order valence-corrected chi connectivity index (χ4v) is 3.52. The first-order valence-electron chi connectivity index (χ1n) is 8.15. The molecule has 0 aromatic heterocycles. The first-order chi connectivity index (χ1) is 11.1. The van der Waals surface area contributed by atoms with Crippen LogP contribution in [0.3, 0.4) is 0 Å². The lowest BCUT2D eigenvalue weighted by Gasteiger charge is -2.21. The van der Waals surface area contributed by atoms with Gasteiger partial charge in [0.25, 0.3) is 0 Å². The van der Waals surface area contributed by atoms with Crippen molar-refractivity contribution in [2.24, 2.45) is 0 Å². The summed E-state index contributed by atoms with van der Waals surface area (Å²) >= 11 is 0. The van der Waals surface area contributed by atoms with Gasteiger partial charge in [-0.15, -0.1) is 0 Å². The van der Waals surface area contributed by atoms with Crippen molar-refractivity contribution in [3.63, 3.8) is 0 Å². The normalized spacial score (nSPS) is 12.0. The Kier molecular flexibility index (Phi) is 3.23. The van der Waals surface area contributed by atoms with Crippen molar-refractivity contribution >= 4 is 11.4 Å². The predicted molar refractivity (Wildman–Crippen MR) is 98.7 cm³/mol. The molecule has 0 N–H and O–H groups in total. The second kappa shape index (κ2) is 5.27. The molecule has 0 atom stereocenters. The van der Waals surface area contributed by atoms with Gasteiger partial charge in [-0.2, -0.15) is 0 Å². The Bertz CT molecular complexity index is 892. The number of aryl methyl sites for hydroxylation is 2.